The molecule has 148 valence electrons. The molecule has 1 aliphatic heterocycles. The minimum absolute atomic E-state index is 0.145. The van der Waals surface area contributed by atoms with Crippen LogP contribution >= 0.6 is 11.3 Å². The zero-order chi connectivity index (χ0) is 20.0. The first-order valence-electron chi connectivity index (χ1n) is 9.91. The van der Waals surface area contributed by atoms with Crippen LogP contribution in [-0.2, 0) is 13.5 Å². The smallest absolute Gasteiger partial charge is 0.138 e. The van der Waals surface area contributed by atoms with Gasteiger partial charge in [-0.05, 0) is 47.7 Å². The molecule has 2 atom stereocenters. The maximum absolute atomic E-state index is 15.2. The van der Waals surface area contributed by atoms with E-state index in [9.17, 15) is 0 Å². The van der Waals surface area contributed by atoms with Crippen molar-refractivity contribution in [3.8, 4) is 11.1 Å². The van der Waals surface area contributed by atoms with Crippen LogP contribution < -0.4 is 0 Å². The molecule has 29 heavy (non-hydrogen) atoms. The molecule has 0 saturated heterocycles. The van der Waals surface area contributed by atoms with Gasteiger partial charge in [0.15, 0.2) is 0 Å². The summed E-state index contributed by atoms with van der Waals surface area (Å²) in [6.45, 7) is 3.41. The molecule has 3 heterocycles. The molecule has 0 fully saturated rings. The van der Waals surface area contributed by atoms with Crippen LogP contribution in [0.4, 0.5) is 4.39 Å². The number of hydrogen-bond acceptors (Lipinski definition) is 4. The molecule has 4 nitrogen and oxygen atoms in total. The van der Waals surface area contributed by atoms with Crippen LogP contribution in [0, 0.1) is 0 Å². The Morgan fingerprint density at radius 1 is 1.17 bits per heavy atom. The van der Waals surface area contributed by atoms with Crippen LogP contribution in [0.15, 0.2) is 54.3 Å². The first-order chi connectivity index (χ1) is 14.1. The Hall–Kier alpha value is -2.57. The summed E-state index contributed by atoms with van der Waals surface area (Å²) in [5, 5.41) is 4.26. The van der Waals surface area contributed by atoms with Gasteiger partial charge in [0.25, 0.3) is 0 Å². The number of hydrogen-bond donors (Lipinski definition) is 0. The van der Waals surface area contributed by atoms with Crippen LogP contribution in [0.3, 0.4) is 0 Å². The molecular formula is C23H23FN4S. The SMILES string of the molecule is CC(c1ccc2scnc2c1)N1CCc2cc(-c3cnn(C)c3)ccc2[C@H](F)C1. The number of alkyl halides is 1. The number of aromatic nitrogens is 3. The molecule has 0 N–H and O–H groups in total. The molecule has 0 radical (unpaired) electrons. The number of benzene rings is 2. The van der Waals surface area contributed by atoms with E-state index in [1.54, 1.807) is 16.0 Å². The van der Waals surface area contributed by atoms with Crippen molar-refractivity contribution in [3.05, 3.63) is 71.0 Å². The summed E-state index contributed by atoms with van der Waals surface area (Å²) in [4.78, 5) is 6.68. The largest absolute Gasteiger partial charge is 0.293 e. The van der Waals surface area contributed by atoms with Crippen molar-refractivity contribution in [1.82, 2.24) is 19.7 Å². The average Bonchev–Trinajstić information content (AvgIpc) is 3.34. The summed E-state index contributed by atoms with van der Waals surface area (Å²) >= 11 is 1.65. The summed E-state index contributed by atoms with van der Waals surface area (Å²) in [5.74, 6) is 0. The van der Waals surface area contributed by atoms with Gasteiger partial charge in [0.2, 0.25) is 0 Å². The first-order valence-corrected chi connectivity index (χ1v) is 10.8. The number of nitrogens with zero attached hydrogens (tertiary/aromatic N) is 4. The number of rotatable bonds is 3. The van der Waals surface area contributed by atoms with Crippen LogP contribution in [0.2, 0.25) is 0 Å². The topological polar surface area (TPSA) is 34.0 Å². The third-order valence-corrected chi connectivity index (χ3v) is 6.78. The highest BCUT2D eigenvalue weighted by molar-refractivity contribution is 7.16. The number of halogens is 1. The molecule has 0 amide bonds. The molecule has 5 rings (SSSR count). The van der Waals surface area contributed by atoms with Crippen molar-refractivity contribution in [3.63, 3.8) is 0 Å². The Balaban J connectivity index is 1.40. The molecule has 1 aliphatic rings. The van der Waals surface area contributed by atoms with E-state index in [4.69, 9.17) is 0 Å². The minimum atomic E-state index is -0.985. The van der Waals surface area contributed by atoms with E-state index in [2.05, 4.69) is 46.2 Å². The van der Waals surface area contributed by atoms with Gasteiger partial charge in [-0.3, -0.25) is 9.58 Å². The molecule has 6 heteroatoms. The zero-order valence-electron chi connectivity index (χ0n) is 16.5. The fourth-order valence-corrected chi connectivity index (χ4v) is 4.89. The molecular weight excluding hydrogens is 383 g/mol. The number of thiazole rings is 1. The normalized spacial score (nSPS) is 18.5. The third kappa shape index (κ3) is 3.47. The maximum Gasteiger partial charge on any atom is 0.138 e. The summed E-state index contributed by atoms with van der Waals surface area (Å²) in [7, 11) is 1.91. The summed E-state index contributed by atoms with van der Waals surface area (Å²) in [6, 6.07) is 12.7. The Kier molecular flexibility index (Phi) is 4.68. The highest BCUT2D eigenvalue weighted by Crippen LogP contribution is 2.34. The van der Waals surface area contributed by atoms with Crippen LogP contribution in [0.5, 0.6) is 0 Å². The quantitative estimate of drug-likeness (QED) is 0.461. The average molecular weight is 407 g/mol. The maximum atomic E-state index is 15.2. The van der Waals surface area contributed by atoms with E-state index in [1.807, 2.05) is 37.1 Å². The van der Waals surface area contributed by atoms with Gasteiger partial charge in [-0.2, -0.15) is 5.10 Å². The van der Waals surface area contributed by atoms with E-state index in [0.717, 1.165) is 40.7 Å². The van der Waals surface area contributed by atoms with Crippen LogP contribution in [-0.4, -0.2) is 32.8 Å². The first kappa shape index (κ1) is 18.5. The van der Waals surface area contributed by atoms with Gasteiger partial charge in [-0.25, -0.2) is 9.37 Å². The fraction of sp³-hybridized carbons (Fsp3) is 0.304. The molecule has 4 aromatic rings. The van der Waals surface area contributed by atoms with Gasteiger partial charge in [-0.15, -0.1) is 11.3 Å². The van der Waals surface area contributed by atoms with E-state index < -0.39 is 6.17 Å². The van der Waals surface area contributed by atoms with Gasteiger partial charge >= 0.3 is 0 Å². The lowest BCUT2D eigenvalue weighted by molar-refractivity contribution is 0.161. The summed E-state index contributed by atoms with van der Waals surface area (Å²) in [5.41, 5.74) is 8.18. The molecule has 2 aromatic carbocycles. The highest BCUT2D eigenvalue weighted by Gasteiger charge is 2.26. The predicted octanol–water partition coefficient (Wildman–Crippen LogP) is 5.33. The second-order valence-corrected chi connectivity index (χ2v) is 8.67. The Morgan fingerprint density at radius 2 is 2.07 bits per heavy atom. The van der Waals surface area contributed by atoms with Gasteiger partial charge in [-0.1, -0.05) is 24.3 Å². The lowest BCUT2D eigenvalue weighted by Crippen LogP contribution is -2.30. The van der Waals surface area contributed by atoms with Crippen molar-refractivity contribution in [2.24, 2.45) is 7.05 Å². The summed E-state index contributed by atoms with van der Waals surface area (Å²) < 4.78 is 18.2. The van der Waals surface area contributed by atoms with Gasteiger partial charge in [0.05, 0.1) is 21.9 Å². The Bertz CT molecular complexity index is 1160. The van der Waals surface area contributed by atoms with Gasteiger partial charge < -0.3 is 0 Å². The van der Waals surface area contributed by atoms with E-state index in [-0.39, 0.29) is 6.04 Å². The van der Waals surface area contributed by atoms with Gasteiger partial charge in [0, 0.05) is 37.9 Å². The predicted molar refractivity (Wildman–Crippen MR) is 116 cm³/mol. The molecule has 0 bridgehead atoms. The van der Waals surface area contributed by atoms with Crippen LogP contribution in [0.1, 0.15) is 35.8 Å². The standard InChI is InChI=1S/C23H23FN4S/c1-15(16-4-6-23-22(10-16)25-14-29-23)28-8-7-18-9-17(19-11-26-27(2)12-19)3-5-20(18)21(24)13-28/h3-6,9-12,14-15,21H,7-8,13H2,1-2H3/t15?,21-/m1/s1. The molecule has 0 saturated carbocycles. The van der Waals surface area contributed by atoms with Crippen molar-refractivity contribution < 1.29 is 4.39 Å². The van der Waals surface area contributed by atoms with Crippen molar-refractivity contribution in [2.75, 3.05) is 13.1 Å². The molecule has 0 aliphatic carbocycles. The van der Waals surface area contributed by atoms with Crippen molar-refractivity contribution >= 4 is 21.6 Å². The fourth-order valence-electron chi connectivity index (χ4n) is 4.23. The van der Waals surface area contributed by atoms with Gasteiger partial charge in [0.1, 0.15) is 6.17 Å². The summed E-state index contributed by atoms with van der Waals surface area (Å²) in [6.07, 6.45) is 3.71. The number of aryl methyl sites for hydroxylation is 1. The zero-order valence-corrected chi connectivity index (χ0v) is 17.4. The monoisotopic (exact) mass is 406 g/mol. The molecule has 1 unspecified atom stereocenters. The lowest BCUT2D eigenvalue weighted by Gasteiger charge is -2.28. The Morgan fingerprint density at radius 3 is 2.90 bits per heavy atom. The molecule has 0 spiro atoms. The van der Waals surface area contributed by atoms with Crippen molar-refractivity contribution in [2.45, 2.75) is 25.6 Å². The van der Waals surface area contributed by atoms with Crippen LogP contribution in [0.25, 0.3) is 21.3 Å². The molecule has 2 aromatic heterocycles. The third-order valence-electron chi connectivity index (χ3n) is 5.97. The van der Waals surface area contributed by atoms with E-state index >= 15 is 4.39 Å². The van der Waals surface area contributed by atoms with E-state index in [1.165, 1.54) is 10.3 Å². The Labute approximate surface area is 173 Å². The lowest BCUT2D eigenvalue weighted by atomic mass is 9.97. The minimum Gasteiger partial charge on any atom is -0.293 e. The van der Waals surface area contributed by atoms with E-state index in [0.29, 0.717) is 6.54 Å². The number of fused-ring (bicyclic) bond motifs is 2. The second-order valence-electron chi connectivity index (χ2n) is 7.78. The highest BCUT2D eigenvalue weighted by atomic mass is 32.1. The van der Waals surface area contributed by atoms with Crippen molar-refractivity contribution in [1.29, 1.82) is 0 Å². The second kappa shape index (κ2) is 7.35.